The van der Waals surface area contributed by atoms with Crippen molar-refractivity contribution >= 4 is 23.4 Å². The Morgan fingerprint density at radius 2 is 2.00 bits per heavy atom. The number of ether oxygens (including phenoxy) is 2. The fraction of sp³-hybridized carbons (Fsp3) is 0.571. The highest BCUT2D eigenvalue weighted by Gasteiger charge is 2.38. The smallest absolute Gasteiger partial charge is 0.434 e. The van der Waals surface area contributed by atoms with Crippen molar-refractivity contribution in [3.8, 4) is 5.88 Å². The lowest BCUT2D eigenvalue weighted by atomic mass is 9.81. The summed E-state index contributed by atoms with van der Waals surface area (Å²) < 4.78 is 48.5. The number of hydrogen-bond acceptors (Lipinski definition) is 9. The average molecular weight is 481 g/mol. The number of anilines is 3. The molecule has 0 aromatic carbocycles. The Bertz CT molecular complexity index is 1050. The zero-order valence-corrected chi connectivity index (χ0v) is 19.2. The van der Waals surface area contributed by atoms with Gasteiger partial charge in [-0.15, -0.1) is 0 Å². The molecule has 0 spiro atoms. The molecule has 4 rings (SSSR count). The number of aromatic nitrogens is 4. The fourth-order valence-electron chi connectivity index (χ4n) is 4.10. The monoisotopic (exact) mass is 481 g/mol. The SMILES string of the molecule is CO[C@H](C)[C@H]1C(=O)Nc2c(C)nc(NC3CC(COc4cnc(C(F)(F)F)cn4)C3)nc2N1C. The molecule has 0 radical (unpaired) electrons. The lowest BCUT2D eigenvalue weighted by molar-refractivity contribution is -0.141. The van der Waals surface area contributed by atoms with Crippen molar-refractivity contribution in [3.63, 3.8) is 0 Å². The van der Waals surface area contributed by atoms with Gasteiger partial charge in [-0.05, 0) is 32.6 Å². The van der Waals surface area contributed by atoms with E-state index in [4.69, 9.17) is 9.47 Å². The number of halogens is 3. The van der Waals surface area contributed by atoms with Gasteiger partial charge in [0.1, 0.15) is 11.7 Å². The molecule has 184 valence electrons. The van der Waals surface area contributed by atoms with Gasteiger partial charge in [0.05, 0.1) is 30.8 Å². The Morgan fingerprint density at radius 3 is 2.62 bits per heavy atom. The molecule has 34 heavy (non-hydrogen) atoms. The second-order valence-electron chi connectivity index (χ2n) is 8.54. The molecule has 1 amide bonds. The number of hydrogen-bond donors (Lipinski definition) is 2. The van der Waals surface area contributed by atoms with Gasteiger partial charge in [-0.2, -0.15) is 18.2 Å². The minimum absolute atomic E-state index is 0.0583. The summed E-state index contributed by atoms with van der Waals surface area (Å²) in [6, 6.07) is -0.389. The maximum atomic E-state index is 12.6. The van der Waals surface area contributed by atoms with Crippen LogP contribution >= 0.6 is 0 Å². The topological polar surface area (TPSA) is 114 Å². The van der Waals surface area contributed by atoms with E-state index < -0.39 is 17.9 Å². The highest BCUT2D eigenvalue weighted by atomic mass is 19.4. The van der Waals surface area contributed by atoms with E-state index in [9.17, 15) is 18.0 Å². The third-order valence-corrected chi connectivity index (χ3v) is 6.11. The van der Waals surface area contributed by atoms with Crippen LogP contribution in [-0.2, 0) is 15.7 Å². The number of amides is 1. The number of alkyl halides is 3. The molecule has 1 aliphatic heterocycles. The van der Waals surface area contributed by atoms with Crippen molar-refractivity contribution in [3.05, 3.63) is 23.8 Å². The first-order valence-electron chi connectivity index (χ1n) is 10.8. The first-order chi connectivity index (χ1) is 16.1. The van der Waals surface area contributed by atoms with Crippen LogP contribution in [0.3, 0.4) is 0 Å². The molecule has 2 aliphatic rings. The molecular weight excluding hydrogens is 455 g/mol. The van der Waals surface area contributed by atoms with Crippen LogP contribution in [0, 0.1) is 12.8 Å². The summed E-state index contributed by atoms with van der Waals surface area (Å²) >= 11 is 0. The van der Waals surface area contributed by atoms with Crippen molar-refractivity contribution < 1.29 is 27.4 Å². The largest absolute Gasteiger partial charge is 0.476 e. The maximum absolute atomic E-state index is 12.6. The van der Waals surface area contributed by atoms with Crippen molar-refractivity contribution in [1.29, 1.82) is 0 Å². The third kappa shape index (κ3) is 4.83. The zero-order valence-electron chi connectivity index (χ0n) is 19.2. The second-order valence-corrected chi connectivity index (χ2v) is 8.54. The van der Waals surface area contributed by atoms with E-state index in [0.29, 0.717) is 36.0 Å². The minimum Gasteiger partial charge on any atom is -0.476 e. The Morgan fingerprint density at radius 1 is 1.26 bits per heavy atom. The van der Waals surface area contributed by atoms with E-state index in [2.05, 4.69) is 30.6 Å². The molecule has 2 N–H and O–H groups in total. The molecule has 13 heteroatoms. The van der Waals surface area contributed by atoms with E-state index in [-0.39, 0.29) is 29.9 Å². The lowest BCUT2D eigenvalue weighted by Crippen LogP contribution is -2.53. The van der Waals surface area contributed by atoms with Gasteiger partial charge in [-0.1, -0.05) is 0 Å². The summed E-state index contributed by atoms with van der Waals surface area (Å²) in [4.78, 5) is 30.4. The molecule has 1 fully saturated rings. The first kappa shape index (κ1) is 23.9. The number of aryl methyl sites for hydroxylation is 1. The molecule has 2 aromatic rings. The van der Waals surface area contributed by atoms with Gasteiger partial charge in [0.2, 0.25) is 17.7 Å². The number of fused-ring (bicyclic) bond motifs is 1. The van der Waals surface area contributed by atoms with E-state index in [1.807, 2.05) is 13.8 Å². The van der Waals surface area contributed by atoms with Gasteiger partial charge < -0.3 is 25.0 Å². The molecule has 2 aromatic heterocycles. The molecule has 1 aliphatic carbocycles. The highest BCUT2D eigenvalue weighted by Crippen LogP contribution is 2.35. The van der Waals surface area contributed by atoms with Crippen molar-refractivity contribution in [2.24, 2.45) is 5.92 Å². The molecule has 2 atom stereocenters. The molecular formula is C21H26F3N7O3. The summed E-state index contributed by atoms with van der Waals surface area (Å²) in [6.07, 6.45) is -1.65. The average Bonchev–Trinajstić information content (AvgIpc) is 2.75. The number of carbonyl (C=O) groups is 1. The van der Waals surface area contributed by atoms with Gasteiger partial charge in [0.15, 0.2) is 11.5 Å². The molecule has 0 unspecified atom stereocenters. The van der Waals surface area contributed by atoms with Crippen LogP contribution in [0.15, 0.2) is 12.4 Å². The Kier molecular flexibility index (Phi) is 6.47. The maximum Gasteiger partial charge on any atom is 0.434 e. The van der Waals surface area contributed by atoms with Crippen LogP contribution in [0.4, 0.5) is 30.6 Å². The van der Waals surface area contributed by atoms with Crippen molar-refractivity contribution in [2.45, 2.75) is 51.1 Å². The van der Waals surface area contributed by atoms with Crippen LogP contribution in [0.25, 0.3) is 0 Å². The van der Waals surface area contributed by atoms with E-state index in [0.717, 1.165) is 19.0 Å². The van der Waals surface area contributed by atoms with Gasteiger partial charge in [-0.3, -0.25) is 4.79 Å². The predicted molar refractivity (Wildman–Crippen MR) is 117 cm³/mol. The normalized spacial score (nSPS) is 23.0. The van der Waals surface area contributed by atoms with Gasteiger partial charge in [0.25, 0.3) is 0 Å². The highest BCUT2D eigenvalue weighted by molar-refractivity contribution is 6.03. The predicted octanol–water partition coefficient (Wildman–Crippen LogP) is 2.66. The minimum atomic E-state index is -4.53. The molecule has 0 saturated heterocycles. The van der Waals surface area contributed by atoms with Crippen molar-refractivity contribution in [2.75, 3.05) is 36.3 Å². The lowest BCUT2D eigenvalue weighted by Gasteiger charge is -2.38. The first-order valence-corrected chi connectivity index (χ1v) is 10.8. The summed E-state index contributed by atoms with van der Waals surface area (Å²) in [7, 11) is 3.36. The van der Waals surface area contributed by atoms with Gasteiger partial charge >= 0.3 is 6.18 Å². The Labute approximate surface area is 194 Å². The summed E-state index contributed by atoms with van der Waals surface area (Å²) in [5, 5.41) is 6.19. The summed E-state index contributed by atoms with van der Waals surface area (Å²) in [6.45, 7) is 3.96. The van der Waals surface area contributed by atoms with E-state index >= 15 is 0 Å². The standard InChI is InChI=1S/C21H26F3N7O3/c1-10-16-18(31(3)17(11(2)33-4)19(32)29-16)30-20(27-10)28-13-5-12(6-13)9-34-15-8-25-14(7-26-15)21(22,23)24/h7-8,11-13,17H,5-6,9H2,1-4H3,(H,29,32)(H,27,28,30)/t11-,12?,13?,17+/m1/s1. The zero-order chi connectivity index (χ0) is 24.6. The summed E-state index contributed by atoms with van der Waals surface area (Å²) in [5.74, 6) is 1.18. The van der Waals surface area contributed by atoms with Gasteiger partial charge in [-0.25, -0.2) is 15.0 Å². The van der Waals surface area contributed by atoms with Crippen LogP contribution in [-0.4, -0.2) is 64.8 Å². The number of carbonyl (C=O) groups excluding carboxylic acids is 1. The quantitative estimate of drug-likeness (QED) is 0.616. The number of likely N-dealkylation sites (N-methyl/N-ethyl adjacent to an activating group) is 1. The summed E-state index contributed by atoms with van der Waals surface area (Å²) in [5.41, 5.74) is 0.174. The van der Waals surface area contributed by atoms with Crippen LogP contribution in [0.1, 0.15) is 31.2 Å². The second kappa shape index (κ2) is 9.20. The van der Waals surface area contributed by atoms with Gasteiger partial charge in [0, 0.05) is 20.2 Å². The van der Waals surface area contributed by atoms with E-state index in [1.54, 1.807) is 19.1 Å². The molecule has 0 bridgehead atoms. The van der Waals surface area contributed by atoms with Crippen LogP contribution < -0.4 is 20.3 Å². The fourth-order valence-corrected chi connectivity index (χ4v) is 4.10. The Hall–Kier alpha value is -3.22. The Balaban J connectivity index is 1.32. The number of methoxy groups -OCH3 is 1. The van der Waals surface area contributed by atoms with Crippen LogP contribution in [0.5, 0.6) is 5.88 Å². The number of rotatable bonds is 7. The van der Waals surface area contributed by atoms with Crippen molar-refractivity contribution in [1.82, 2.24) is 19.9 Å². The number of nitrogens with one attached hydrogen (secondary N) is 2. The van der Waals surface area contributed by atoms with Crippen LogP contribution in [0.2, 0.25) is 0 Å². The molecule has 10 nitrogen and oxygen atoms in total. The molecule has 1 saturated carbocycles. The number of nitrogens with zero attached hydrogens (tertiary/aromatic N) is 5. The molecule has 3 heterocycles. The third-order valence-electron chi connectivity index (χ3n) is 6.11. The van der Waals surface area contributed by atoms with E-state index in [1.165, 1.54) is 0 Å².